The number of methoxy groups -OCH3 is 1. The number of imidazole rings is 1. The minimum Gasteiger partial charge on any atom is -0.478 e. The van der Waals surface area contributed by atoms with Crippen molar-refractivity contribution in [2.45, 2.75) is 32.9 Å². The molecule has 0 aromatic carbocycles. The summed E-state index contributed by atoms with van der Waals surface area (Å²) < 4.78 is 7.14. The van der Waals surface area contributed by atoms with Crippen molar-refractivity contribution in [3.8, 4) is 5.88 Å². The molecule has 1 amide bonds. The zero-order valence-electron chi connectivity index (χ0n) is 19.0. The largest absolute Gasteiger partial charge is 0.478 e. The minimum atomic E-state index is -0.342. The normalized spacial score (nSPS) is 18.6. The van der Waals surface area contributed by atoms with Gasteiger partial charge in [0.2, 0.25) is 5.65 Å². The second kappa shape index (κ2) is 8.28. The molecular weight excluding hydrogens is 420 g/mol. The molecule has 170 valence electrons. The Labute approximate surface area is 191 Å². The Bertz CT molecular complexity index is 1340. The van der Waals surface area contributed by atoms with Crippen LogP contribution in [0.5, 0.6) is 5.88 Å². The van der Waals surface area contributed by atoms with Crippen LogP contribution >= 0.6 is 0 Å². The average Bonchev–Trinajstić information content (AvgIpc) is 3.17. The fraction of sp³-hybridized carbons (Fsp3) is 0.348. The second-order valence-electron chi connectivity index (χ2n) is 8.47. The Morgan fingerprint density at radius 2 is 1.97 bits per heavy atom. The number of nitrogens with one attached hydrogen (secondary N) is 2. The number of anilines is 2. The van der Waals surface area contributed by atoms with E-state index in [9.17, 15) is 4.79 Å². The number of carbonyl (C=O) groups excluding carboxylic acids is 1. The van der Waals surface area contributed by atoms with Crippen LogP contribution in [0.15, 0.2) is 36.9 Å². The van der Waals surface area contributed by atoms with Crippen molar-refractivity contribution in [3.63, 3.8) is 0 Å². The molecule has 0 spiro atoms. The van der Waals surface area contributed by atoms with Gasteiger partial charge in [-0.25, -0.2) is 9.97 Å². The second-order valence-corrected chi connectivity index (χ2v) is 8.47. The molecule has 10 nitrogen and oxygen atoms in total. The van der Waals surface area contributed by atoms with Gasteiger partial charge >= 0.3 is 0 Å². The van der Waals surface area contributed by atoms with Crippen molar-refractivity contribution in [1.82, 2.24) is 29.7 Å². The first-order chi connectivity index (χ1) is 15.9. The average molecular weight is 447 g/mol. The number of hydrogen-bond donors (Lipinski definition) is 2. The lowest BCUT2D eigenvalue weighted by Crippen LogP contribution is -2.54. The van der Waals surface area contributed by atoms with E-state index in [4.69, 9.17) is 4.74 Å². The minimum absolute atomic E-state index is 0.333. The van der Waals surface area contributed by atoms with Gasteiger partial charge in [-0.1, -0.05) is 0 Å². The SMILES string of the molecule is COc1nc(NC(=O)c2cnc(N3CC(C)NC(C)C3)c3cccnc23)cn2cc(C)nc12. The smallest absolute Gasteiger partial charge is 0.260 e. The van der Waals surface area contributed by atoms with Crippen molar-refractivity contribution in [3.05, 3.63) is 48.2 Å². The summed E-state index contributed by atoms with van der Waals surface area (Å²) >= 11 is 0. The molecule has 2 atom stereocenters. The molecule has 1 saturated heterocycles. The van der Waals surface area contributed by atoms with Gasteiger partial charge in [0.1, 0.15) is 5.82 Å². The van der Waals surface area contributed by atoms with E-state index in [0.29, 0.717) is 40.5 Å². The highest BCUT2D eigenvalue weighted by atomic mass is 16.5. The third-order valence-corrected chi connectivity index (χ3v) is 5.68. The number of piperazine rings is 1. The summed E-state index contributed by atoms with van der Waals surface area (Å²) in [4.78, 5) is 33.5. The van der Waals surface area contributed by atoms with Crippen molar-refractivity contribution in [2.24, 2.45) is 0 Å². The van der Waals surface area contributed by atoms with Crippen LogP contribution in [0, 0.1) is 6.92 Å². The fourth-order valence-electron chi connectivity index (χ4n) is 4.45. The highest BCUT2D eigenvalue weighted by Gasteiger charge is 2.25. The molecule has 0 bridgehead atoms. The van der Waals surface area contributed by atoms with Crippen molar-refractivity contribution >= 4 is 34.1 Å². The van der Waals surface area contributed by atoms with Crippen molar-refractivity contribution in [1.29, 1.82) is 0 Å². The molecule has 0 radical (unpaired) electrons. The maximum atomic E-state index is 13.2. The molecule has 0 saturated carbocycles. The van der Waals surface area contributed by atoms with Crippen LogP contribution in [0.2, 0.25) is 0 Å². The van der Waals surface area contributed by atoms with Crippen LogP contribution in [-0.4, -0.2) is 62.5 Å². The Morgan fingerprint density at radius 1 is 1.18 bits per heavy atom. The lowest BCUT2D eigenvalue weighted by molar-refractivity contribution is 0.102. The van der Waals surface area contributed by atoms with E-state index in [1.165, 1.54) is 7.11 Å². The van der Waals surface area contributed by atoms with Crippen molar-refractivity contribution in [2.75, 3.05) is 30.4 Å². The Morgan fingerprint density at radius 3 is 2.73 bits per heavy atom. The molecule has 2 unspecified atom stereocenters. The highest BCUT2D eigenvalue weighted by Crippen LogP contribution is 2.28. The van der Waals surface area contributed by atoms with E-state index < -0.39 is 0 Å². The predicted molar refractivity (Wildman–Crippen MR) is 126 cm³/mol. The number of nitrogens with zero attached hydrogens (tertiary/aromatic N) is 6. The molecule has 1 fully saturated rings. The van der Waals surface area contributed by atoms with Crippen molar-refractivity contribution < 1.29 is 9.53 Å². The molecule has 5 rings (SSSR count). The van der Waals surface area contributed by atoms with E-state index in [1.807, 2.05) is 25.3 Å². The first-order valence-corrected chi connectivity index (χ1v) is 10.9. The van der Waals surface area contributed by atoms with Crippen LogP contribution in [0.1, 0.15) is 29.9 Å². The number of hydrogen-bond acceptors (Lipinski definition) is 8. The first kappa shape index (κ1) is 21.1. The van der Waals surface area contributed by atoms with Crippen LogP contribution in [-0.2, 0) is 0 Å². The molecule has 10 heteroatoms. The summed E-state index contributed by atoms with van der Waals surface area (Å²) in [5.41, 5.74) is 2.40. The zero-order valence-corrected chi connectivity index (χ0v) is 19.0. The number of aryl methyl sites for hydroxylation is 1. The number of ether oxygens (including phenoxy) is 1. The lowest BCUT2D eigenvalue weighted by atomic mass is 10.1. The summed E-state index contributed by atoms with van der Waals surface area (Å²) in [6, 6.07) is 4.51. The van der Waals surface area contributed by atoms with Gasteiger partial charge in [0, 0.05) is 49.1 Å². The molecule has 2 N–H and O–H groups in total. The summed E-state index contributed by atoms with van der Waals surface area (Å²) in [7, 11) is 1.52. The number of aromatic nitrogens is 5. The lowest BCUT2D eigenvalue weighted by Gasteiger charge is -2.37. The quantitative estimate of drug-likeness (QED) is 0.492. The molecule has 5 heterocycles. The summed E-state index contributed by atoms with van der Waals surface area (Å²) in [6.07, 6.45) is 6.83. The number of pyridine rings is 2. The summed E-state index contributed by atoms with van der Waals surface area (Å²) in [6.45, 7) is 7.87. The molecule has 33 heavy (non-hydrogen) atoms. The number of carbonyl (C=O) groups is 1. The molecule has 4 aromatic rings. The van der Waals surface area contributed by atoms with Gasteiger partial charge in [-0.3, -0.25) is 14.2 Å². The van der Waals surface area contributed by atoms with E-state index in [-0.39, 0.29) is 5.91 Å². The summed E-state index contributed by atoms with van der Waals surface area (Å²) in [5, 5.41) is 7.24. The first-order valence-electron chi connectivity index (χ1n) is 10.9. The van der Waals surface area contributed by atoms with Gasteiger partial charge in [0.05, 0.1) is 30.1 Å². The zero-order chi connectivity index (χ0) is 23.1. The third kappa shape index (κ3) is 3.93. The van der Waals surface area contributed by atoms with E-state index >= 15 is 0 Å². The van der Waals surface area contributed by atoms with Crippen LogP contribution in [0.4, 0.5) is 11.6 Å². The molecule has 0 aliphatic carbocycles. The van der Waals surface area contributed by atoms with Crippen LogP contribution in [0.3, 0.4) is 0 Å². The van der Waals surface area contributed by atoms with Crippen LogP contribution in [0.25, 0.3) is 16.6 Å². The fourth-order valence-corrected chi connectivity index (χ4v) is 4.45. The Kier molecular flexibility index (Phi) is 5.29. The van der Waals surface area contributed by atoms with Gasteiger partial charge in [0.25, 0.3) is 11.8 Å². The highest BCUT2D eigenvalue weighted by molar-refractivity contribution is 6.12. The number of fused-ring (bicyclic) bond motifs is 2. The Balaban J connectivity index is 1.50. The molecular formula is C23H26N8O2. The van der Waals surface area contributed by atoms with Gasteiger partial charge in [-0.05, 0) is 32.9 Å². The monoisotopic (exact) mass is 446 g/mol. The van der Waals surface area contributed by atoms with Crippen LogP contribution < -0.4 is 20.3 Å². The van der Waals surface area contributed by atoms with E-state index in [0.717, 1.165) is 30.0 Å². The molecule has 1 aliphatic heterocycles. The van der Waals surface area contributed by atoms with E-state index in [2.05, 4.69) is 49.3 Å². The number of rotatable bonds is 4. The molecule has 4 aromatic heterocycles. The topological polar surface area (TPSA) is 110 Å². The number of amides is 1. The van der Waals surface area contributed by atoms with Gasteiger partial charge in [-0.2, -0.15) is 4.98 Å². The maximum absolute atomic E-state index is 13.2. The standard InChI is InChI=1S/C23H26N8O2/c1-13-9-30(10-14(2)26-13)20-16-6-5-7-24-19(16)17(8-25-20)22(32)28-18-12-31-11-15(3)27-21(31)23(29-18)33-4/h5-8,11-14,26H,9-10H2,1-4H3,(H,28,32). The van der Waals surface area contributed by atoms with Gasteiger partial charge < -0.3 is 20.3 Å². The van der Waals surface area contributed by atoms with Gasteiger partial charge in [-0.15, -0.1) is 0 Å². The Hall–Kier alpha value is -3.79. The summed E-state index contributed by atoms with van der Waals surface area (Å²) in [5.74, 6) is 1.18. The van der Waals surface area contributed by atoms with Gasteiger partial charge in [0.15, 0.2) is 5.82 Å². The van der Waals surface area contributed by atoms with E-state index in [1.54, 1.807) is 23.0 Å². The third-order valence-electron chi connectivity index (χ3n) is 5.68. The molecule has 1 aliphatic rings. The predicted octanol–water partition coefficient (Wildman–Crippen LogP) is 2.43. The maximum Gasteiger partial charge on any atom is 0.260 e.